The average Bonchev–Trinajstić information content (AvgIpc) is 3.16. The Morgan fingerprint density at radius 2 is 1.78 bits per heavy atom. The van der Waals surface area contributed by atoms with Crippen molar-refractivity contribution in [1.82, 2.24) is 14.8 Å². The molecule has 0 spiro atoms. The smallest absolute Gasteiger partial charge is 0.329 e. The molecular formula is C22H21N3O2. The van der Waals surface area contributed by atoms with E-state index in [-0.39, 0.29) is 18.5 Å². The van der Waals surface area contributed by atoms with Gasteiger partial charge in [-0.25, -0.2) is 4.79 Å². The summed E-state index contributed by atoms with van der Waals surface area (Å²) in [6.45, 7) is 5.18. The molecule has 3 aromatic rings. The molecule has 0 aliphatic carbocycles. The predicted molar refractivity (Wildman–Crippen MR) is 106 cm³/mol. The van der Waals surface area contributed by atoms with Crippen molar-refractivity contribution in [1.29, 1.82) is 0 Å². The number of benzene rings is 2. The molecule has 1 N–H and O–H groups in total. The van der Waals surface area contributed by atoms with Gasteiger partial charge in [-0.15, -0.1) is 0 Å². The van der Waals surface area contributed by atoms with Crippen molar-refractivity contribution in [3.05, 3.63) is 77.1 Å². The van der Waals surface area contributed by atoms with E-state index in [9.17, 15) is 9.59 Å². The first-order chi connectivity index (χ1) is 13.1. The van der Waals surface area contributed by atoms with Crippen molar-refractivity contribution in [3.63, 3.8) is 0 Å². The van der Waals surface area contributed by atoms with Gasteiger partial charge in [0.2, 0.25) is 0 Å². The average molecular weight is 359 g/mol. The van der Waals surface area contributed by atoms with Gasteiger partial charge in [0.15, 0.2) is 0 Å². The summed E-state index contributed by atoms with van der Waals surface area (Å²) in [5.74, 6) is -0.297. The van der Waals surface area contributed by atoms with E-state index < -0.39 is 0 Å². The Hall–Kier alpha value is -3.34. The van der Waals surface area contributed by atoms with Crippen LogP contribution in [0.1, 0.15) is 23.6 Å². The lowest BCUT2D eigenvalue weighted by Crippen LogP contribution is -2.30. The van der Waals surface area contributed by atoms with Crippen molar-refractivity contribution >= 4 is 28.9 Å². The van der Waals surface area contributed by atoms with Crippen LogP contribution < -0.4 is 5.32 Å². The second kappa shape index (κ2) is 6.76. The molecule has 3 amide bonds. The fourth-order valence-electron chi connectivity index (χ4n) is 3.40. The zero-order valence-electron chi connectivity index (χ0n) is 15.4. The number of imide groups is 1. The van der Waals surface area contributed by atoms with Crippen molar-refractivity contribution < 1.29 is 9.59 Å². The van der Waals surface area contributed by atoms with Crippen LogP contribution in [0.3, 0.4) is 0 Å². The van der Waals surface area contributed by atoms with Crippen LogP contribution in [0.5, 0.6) is 0 Å². The van der Waals surface area contributed by atoms with Crippen LogP contribution in [0.25, 0.3) is 17.0 Å². The van der Waals surface area contributed by atoms with Gasteiger partial charge in [-0.1, -0.05) is 48.0 Å². The van der Waals surface area contributed by atoms with E-state index in [1.807, 2.05) is 55.6 Å². The summed E-state index contributed by atoms with van der Waals surface area (Å²) >= 11 is 0. The second-order valence-electron chi connectivity index (χ2n) is 6.75. The number of hydrogen-bond donors (Lipinski definition) is 1. The normalized spacial score (nSPS) is 15.8. The van der Waals surface area contributed by atoms with E-state index in [1.165, 1.54) is 4.90 Å². The summed E-state index contributed by atoms with van der Waals surface area (Å²) in [6, 6.07) is 15.5. The Bertz CT molecular complexity index is 1060. The monoisotopic (exact) mass is 359 g/mol. The quantitative estimate of drug-likeness (QED) is 0.564. The number of amides is 3. The third-order valence-corrected chi connectivity index (χ3v) is 4.88. The summed E-state index contributed by atoms with van der Waals surface area (Å²) < 4.78 is 2.13. The number of fused-ring (bicyclic) bond motifs is 1. The molecule has 0 radical (unpaired) electrons. The van der Waals surface area contributed by atoms with Gasteiger partial charge in [0.05, 0.1) is 6.54 Å². The van der Waals surface area contributed by atoms with Crippen LogP contribution in [0, 0.1) is 6.92 Å². The minimum absolute atomic E-state index is 0.263. The number of carbonyl (C=O) groups is 2. The summed E-state index contributed by atoms with van der Waals surface area (Å²) in [5, 5.41) is 3.78. The highest BCUT2D eigenvalue weighted by Crippen LogP contribution is 2.25. The maximum Gasteiger partial charge on any atom is 0.329 e. The van der Waals surface area contributed by atoms with Gasteiger partial charge in [0.25, 0.3) is 5.91 Å². The van der Waals surface area contributed by atoms with E-state index in [0.29, 0.717) is 5.70 Å². The highest BCUT2D eigenvalue weighted by Gasteiger charge is 2.33. The van der Waals surface area contributed by atoms with Gasteiger partial charge in [-0.3, -0.25) is 9.69 Å². The molecule has 4 rings (SSSR count). The molecule has 1 aliphatic heterocycles. The fraction of sp³-hybridized carbons (Fsp3) is 0.182. The van der Waals surface area contributed by atoms with E-state index in [0.717, 1.165) is 34.1 Å². The van der Waals surface area contributed by atoms with Gasteiger partial charge in [-0.2, -0.15) is 0 Å². The zero-order valence-corrected chi connectivity index (χ0v) is 15.4. The van der Waals surface area contributed by atoms with Crippen LogP contribution in [0.4, 0.5) is 4.79 Å². The third-order valence-electron chi connectivity index (χ3n) is 4.88. The first kappa shape index (κ1) is 17.1. The first-order valence-corrected chi connectivity index (χ1v) is 9.05. The van der Waals surface area contributed by atoms with E-state index in [2.05, 4.69) is 22.9 Å². The van der Waals surface area contributed by atoms with Crippen molar-refractivity contribution in [2.24, 2.45) is 0 Å². The molecule has 0 unspecified atom stereocenters. The van der Waals surface area contributed by atoms with E-state index >= 15 is 0 Å². The molecule has 27 heavy (non-hydrogen) atoms. The van der Waals surface area contributed by atoms with Gasteiger partial charge >= 0.3 is 6.03 Å². The molecule has 0 saturated carbocycles. The minimum Gasteiger partial charge on any atom is -0.347 e. The van der Waals surface area contributed by atoms with Crippen LogP contribution in [0.2, 0.25) is 0 Å². The third kappa shape index (κ3) is 3.12. The molecule has 1 aliphatic rings. The topological polar surface area (TPSA) is 54.3 Å². The fourth-order valence-corrected chi connectivity index (χ4v) is 3.40. The van der Waals surface area contributed by atoms with Gasteiger partial charge in [0, 0.05) is 29.2 Å². The number of carbonyl (C=O) groups excluding carboxylic acids is 2. The van der Waals surface area contributed by atoms with Gasteiger partial charge < -0.3 is 9.88 Å². The maximum atomic E-state index is 12.8. The molecule has 5 nitrogen and oxygen atoms in total. The largest absolute Gasteiger partial charge is 0.347 e. The van der Waals surface area contributed by atoms with Gasteiger partial charge in [0.1, 0.15) is 5.70 Å². The van der Waals surface area contributed by atoms with Crippen LogP contribution in [0.15, 0.2) is 60.4 Å². The highest BCUT2D eigenvalue weighted by atomic mass is 16.2. The minimum atomic E-state index is -0.383. The number of aromatic nitrogens is 1. The molecule has 5 heteroatoms. The van der Waals surface area contributed by atoms with Crippen LogP contribution in [-0.4, -0.2) is 21.4 Å². The highest BCUT2D eigenvalue weighted by molar-refractivity contribution is 6.14. The number of aryl methyl sites for hydroxylation is 2. The standard InChI is InChI=1S/C22H21N3O2/c1-3-24-14-17(18-6-4-5-7-20(18)24)12-19-21(26)25(22(27)23-19)13-16-10-8-15(2)9-11-16/h4-12,14H,3,13H2,1-2H3,(H,23,27)/b19-12+. The number of nitrogens with one attached hydrogen (secondary N) is 1. The van der Waals surface area contributed by atoms with Crippen LogP contribution >= 0.6 is 0 Å². The second-order valence-corrected chi connectivity index (χ2v) is 6.75. The maximum absolute atomic E-state index is 12.8. The van der Waals surface area contributed by atoms with Crippen molar-refractivity contribution in [3.8, 4) is 0 Å². The first-order valence-electron chi connectivity index (χ1n) is 9.05. The number of rotatable bonds is 4. The molecule has 1 fully saturated rings. The lowest BCUT2D eigenvalue weighted by molar-refractivity contribution is -0.123. The number of nitrogens with zero attached hydrogens (tertiary/aromatic N) is 2. The van der Waals surface area contributed by atoms with Crippen molar-refractivity contribution in [2.45, 2.75) is 26.9 Å². The zero-order chi connectivity index (χ0) is 19.0. The molecule has 0 atom stereocenters. The predicted octanol–water partition coefficient (Wildman–Crippen LogP) is 4.06. The lowest BCUT2D eigenvalue weighted by Gasteiger charge is -2.11. The summed E-state index contributed by atoms with van der Waals surface area (Å²) in [6.07, 6.45) is 3.78. The number of para-hydroxylation sites is 1. The molecule has 1 aromatic heterocycles. The summed E-state index contributed by atoms with van der Waals surface area (Å²) in [4.78, 5) is 26.3. The lowest BCUT2D eigenvalue weighted by atomic mass is 10.1. The summed E-state index contributed by atoms with van der Waals surface area (Å²) in [7, 11) is 0. The molecule has 136 valence electrons. The molecule has 1 saturated heterocycles. The van der Waals surface area contributed by atoms with Crippen molar-refractivity contribution in [2.75, 3.05) is 0 Å². The van der Waals surface area contributed by atoms with Crippen LogP contribution in [-0.2, 0) is 17.9 Å². The Kier molecular flexibility index (Phi) is 4.28. The number of urea groups is 1. The Morgan fingerprint density at radius 3 is 2.52 bits per heavy atom. The summed E-state index contributed by atoms with van der Waals surface area (Å²) in [5.41, 5.74) is 4.41. The van der Waals surface area contributed by atoms with E-state index in [4.69, 9.17) is 0 Å². The molecular weight excluding hydrogens is 338 g/mol. The Morgan fingerprint density at radius 1 is 1.04 bits per heavy atom. The Labute approximate surface area is 157 Å². The van der Waals surface area contributed by atoms with E-state index in [1.54, 1.807) is 6.08 Å². The number of hydrogen-bond acceptors (Lipinski definition) is 2. The molecule has 0 bridgehead atoms. The molecule has 2 heterocycles. The van der Waals surface area contributed by atoms with Gasteiger partial charge in [-0.05, 0) is 31.6 Å². The SMILES string of the molecule is CCn1cc(/C=C2/NC(=O)N(Cc3ccc(C)cc3)C2=O)c2ccccc21. The molecule has 2 aromatic carbocycles. The Balaban J connectivity index is 1.64.